The quantitative estimate of drug-likeness (QED) is 0.220. The molecule has 12 nitrogen and oxygen atoms in total. The van der Waals surface area contributed by atoms with Crippen LogP contribution < -0.4 is 15.1 Å². The average molecular weight is 547 g/mol. The second-order valence-electron chi connectivity index (χ2n) is 8.57. The minimum atomic E-state index is -4.41. The lowest BCUT2D eigenvalue weighted by molar-refractivity contribution is -0.384. The predicted octanol–water partition coefficient (Wildman–Crippen LogP) is 3.58. The maximum atomic E-state index is 12.6. The van der Waals surface area contributed by atoms with Crippen molar-refractivity contribution in [1.29, 1.82) is 0 Å². The van der Waals surface area contributed by atoms with Gasteiger partial charge >= 0.3 is 12.2 Å². The van der Waals surface area contributed by atoms with Gasteiger partial charge in [-0.05, 0) is 11.6 Å². The van der Waals surface area contributed by atoms with Gasteiger partial charge < -0.3 is 14.7 Å². The largest absolute Gasteiger partial charge is 0.507 e. The number of nitro benzene ring substituents is 1. The number of hydrogen-bond donors (Lipinski definition) is 2. The number of aromatic hydroxyl groups is 1. The van der Waals surface area contributed by atoms with Crippen molar-refractivity contribution in [2.45, 2.75) is 19.1 Å². The zero-order valence-corrected chi connectivity index (χ0v) is 20.6. The SMILES string of the molecule is O=[N+]([O-])c1ccc(O)c(/C=N\Nc2nc(OCCC(F)(F)F)nc(N3CCN(Cc4ccccc4)CC3)n2)c1. The van der Waals surface area contributed by atoms with Gasteiger partial charge in [0.25, 0.3) is 11.6 Å². The number of rotatable bonds is 10. The lowest BCUT2D eigenvalue weighted by Gasteiger charge is -2.34. The summed E-state index contributed by atoms with van der Waals surface area (Å²) in [7, 11) is 0. The molecule has 1 aliphatic rings. The molecule has 0 aliphatic carbocycles. The first kappa shape index (κ1) is 27.5. The summed E-state index contributed by atoms with van der Waals surface area (Å²) in [4.78, 5) is 27.0. The number of anilines is 2. The van der Waals surface area contributed by atoms with Crippen molar-refractivity contribution in [3.8, 4) is 11.8 Å². The Morgan fingerprint density at radius 2 is 1.85 bits per heavy atom. The number of nitrogens with zero attached hydrogens (tertiary/aromatic N) is 7. The number of halogens is 3. The Labute approximate surface area is 220 Å². The number of non-ortho nitro benzene ring substituents is 1. The van der Waals surface area contributed by atoms with Crippen molar-refractivity contribution in [2.75, 3.05) is 43.1 Å². The molecule has 0 saturated carbocycles. The Morgan fingerprint density at radius 3 is 2.54 bits per heavy atom. The number of alkyl halides is 3. The highest BCUT2D eigenvalue weighted by Crippen LogP contribution is 2.23. The first-order valence-electron chi connectivity index (χ1n) is 11.9. The topological polar surface area (TPSA) is 142 Å². The van der Waals surface area contributed by atoms with Crippen molar-refractivity contribution in [3.05, 3.63) is 69.8 Å². The van der Waals surface area contributed by atoms with E-state index in [1.54, 1.807) is 0 Å². The van der Waals surface area contributed by atoms with E-state index in [4.69, 9.17) is 4.74 Å². The first-order valence-corrected chi connectivity index (χ1v) is 11.9. The van der Waals surface area contributed by atoms with Crippen LogP contribution in [0.1, 0.15) is 17.5 Å². The summed E-state index contributed by atoms with van der Waals surface area (Å²) >= 11 is 0. The van der Waals surface area contributed by atoms with E-state index < -0.39 is 24.1 Å². The second-order valence-corrected chi connectivity index (χ2v) is 8.57. The van der Waals surface area contributed by atoms with Gasteiger partial charge in [-0.25, -0.2) is 5.43 Å². The lowest BCUT2D eigenvalue weighted by Crippen LogP contribution is -2.46. The molecular formula is C24H25F3N8O4. The highest BCUT2D eigenvalue weighted by Gasteiger charge is 2.27. The maximum Gasteiger partial charge on any atom is 0.392 e. The van der Waals surface area contributed by atoms with Crippen LogP contribution in [0.5, 0.6) is 11.8 Å². The molecule has 15 heteroatoms. The number of nitro groups is 1. The van der Waals surface area contributed by atoms with Crippen LogP contribution in [0.25, 0.3) is 0 Å². The molecule has 0 amide bonds. The fourth-order valence-electron chi connectivity index (χ4n) is 3.73. The van der Waals surface area contributed by atoms with Crippen LogP contribution in [0.15, 0.2) is 53.6 Å². The molecule has 0 bridgehead atoms. The molecule has 1 aliphatic heterocycles. The van der Waals surface area contributed by atoms with Gasteiger partial charge in [0, 0.05) is 50.4 Å². The molecule has 4 rings (SSSR count). The molecule has 3 aromatic rings. The van der Waals surface area contributed by atoms with E-state index in [-0.39, 0.29) is 34.9 Å². The monoisotopic (exact) mass is 546 g/mol. The van der Waals surface area contributed by atoms with Crippen LogP contribution in [-0.2, 0) is 6.54 Å². The van der Waals surface area contributed by atoms with E-state index >= 15 is 0 Å². The van der Waals surface area contributed by atoms with E-state index in [0.717, 1.165) is 31.0 Å². The summed E-state index contributed by atoms with van der Waals surface area (Å²) in [6.07, 6.45) is -4.46. The predicted molar refractivity (Wildman–Crippen MR) is 136 cm³/mol. The van der Waals surface area contributed by atoms with Gasteiger partial charge in [0.1, 0.15) is 12.4 Å². The zero-order chi connectivity index (χ0) is 27.8. The van der Waals surface area contributed by atoms with Gasteiger partial charge in [0.2, 0.25) is 5.95 Å². The summed E-state index contributed by atoms with van der Waals surface area (Å²) < 4.78 is 43.0. The van der Waals surface area contributed by atoms with E-state index in [1.807, 2.05) is 23.1 Å². The highest BCUT2D eigenvalue weighted by atomic mass is 19.4. The van der Waals surface area contributed by atoms with Crippen molar-refractivity contribution < 1.29 is 27.9 Å². The Balaban J connectivity index is 1.47. The number of nitrogens with one attached hydrogen (secondary N) is 1. The van der Waals surface area contributed by atoms with Crippen LogP contribution in [0.3, 0.4) is 0 Å². The number of benzene rings is 2. The number of aromatic nitrogens is 3. The third kappa shape index (κ3) is 8.23. The van der Waals surface area contributed by atoms with Crippen molar-refractivity contribution in [3.63, 3.8) is 0 Å². The number of hydrogen-bond acceptors (Lipinski definition) is 11. The normalized spacial score (nSPS) is 14.5. The van der Waals surface area contributed by atoms with Gasteiger partial charge in [-0.15, -0.1) is 0 Å². The summed E-state index contributed by atoms with van der Waals surface area (Å²) in [5.41, 5.74) is 3.52. The number of piperazine rings is 1. The van der Waals surface area contributed by atoms with Gasteiger partial charge in [0.05, 0.1) is 17.6 Å². The Kier molecular flexibility index (Phi) is 8.70. The van der Waals surface area contributed by atoms with Crippen LogP contribution in [0.2, 0.25) is 0 Å². The van der Waals surface area contributed by atoms with Crippen LogP contribution >= 0.6 is 0 Å². The molecule has 1 aromatic heterocycles. The molecule has 2 aromatic carbocycles. The molecule has 206 valence electrons. The number of hydrazone groups is 1. The van der Waals surface area contributed by atoms with Crippen molar-refractivity contribution in [1.82, 2.24) is 19.9 Å². The Morgan fingerprint density at radius 1 is 1.10 bits per heavy atom. The van der Waals surface area contributed by atoms with Crippen LogP contribution in [-0.4, -0.2) is 75.1 Å². The van der Waals surface area contributed by atoms with E-state index in [9.17, 15) is 28.4 Å². The summed E-state index contributed by atoms with van der Waals surface area (Å²) in [5.74, 6) is -0.163. The molecule has 39 heavy (non-hydrogen) atoms. The molecule has 1 saturated heterocycles. The smallest absolute Gasteiger partial charge is 0.392 e. The first-order chi connectivity index (χ1) is 18.7. The Bertz CT molecular complexity index is 1300. The van der Waals surface area contributed by atoms with Crippen LogP contribution in [0.4, 0.5) is 30.8 Å². The van der Waals surface area contributed by atoms with Gasteiger partial charge in [-0.2, -0.15) is 33.2 Å². The van der Waals surface area contributed by atoms with Gasteiger partial charge in [0.15, 0.2) is 0 Å². The molecule has 2 N–H and O–H groups in total. The number of phenolic OH excluding ortho intramolecular Hbond substituents is 1. The second kappa shape index (κ2) is 12.3. The molecule has 0 spiro atoms. The molecule has 1 fully saturated rings. The molecule has 2 heterocycles. The standard InChI is InChI=1S/C24H25F3N8O4/c25-24(26,27)8-13-39-23-30-21(32-28-15-18-14-19(35(37)38)6-7-20(18)36)29-22(31-23)34-11-9-33(10-12-34)16-17-4-2-1-3-5-17/h1-7,14-15,36H,8-13,16H2,(H,29,30,31,32)/b28-15-. The molecular weight excluding hydrogens is 521 g/mol. The van der Waals surface area contributed by atoms with Gasteiger partial charge in [-0.1, -0.05) is 30.3 Å². The molecule has 0 radical (unpaired) electrons. The average Bonchev–Trinajstić information content (AvgIpc) is 2.90. The van der Waals surface area contributed by atoms with Crippen molar-refractivity contribution in [2.24, 2.45) is 5.10 Å². The third-order valence-electron chi connectivity index (χ3n) is 5.71. The number of ether oxygens (including phenoxy) is 1. The zero-order valence-electron chi connectivity index (χ0n) is 20.6. The maximum absolute atomic E-state index is 12.6. The molecule has 0 unspecified atom stereocenters. The van der Waals surface area contributed by atoms with Gasteiger partial charge in [-0.3, -0.25) is 15.0 Å². The minimum absolute atomic E-state index is 0.0576. The van der Waals surface area contributed by atoms with E-state index in [0.29, 0.717) is 26.2 Å². The molecule has 0 atom stereocenters. The summed E-state index contributed by atoms with van der Waals surface area (Å²) in [5, 5.41) is 24.8. The summed E-state index contributed by atoms with van der Waals surface area (Å²) in [6, 6.07) is 13.1. The summed E-state index contributed by atoms with van der Waals surface area (Å²) in [6.45, 7) is 2.63. The fourth-order valence-corrected chi connectivity index (χ4v) is 3.73. The van der Waals surface area contributed by atoms with Crippen LogP contribution in [0, 0.1) is 10.1 Å². The Hall–Kier alpha value is -4.53. The highest BCUT2D eigenvalue weighted by molar-refractivity contribution is 5.84. The van der Waals surface area contributed by atoms with E-state index in [2.05, 4.69) is 42.5 Å². The fraction of sp³-hybridized carbons (Fsp3) is 0.333. The van der Waals surface area contributed by atoms with Crippen molar-refractivity contribution >= 4 is 23.8 Å². The lowest BCUT2D eigenvalue weighted by atomic mass is 10.2. The number of phenols is 1. The minimum Gasteiger partial charge on any atom is -0.507 e. The van der Waals surface area contributed by atoms with E-state index in [1.165, 1.54) is 5.56 Å². The third-order valence-corrected chi connectivity index (χ3v) is 5.71.